The SMILES string of the molecule is Cc1ccc2cc(-c3cc(N)[nH]c(=O)c3)ccc2c1. The molecule has 2 aromatic carbocycles. The predicted octanol–water partition coefficient (Wildman–Crippen LogP) is 3.09. The Balaban J connectivity index is 2.20. The molecule has 0 aliphatic carbocycles. The number of nitrogen functional groups attached to an aromatic ring is 1. The van der Waals surface area contributed by atoms with Crippen LogP contribution < -0.4 is 11.3 Å². The topological polar surface area (TPSA) is 58.9 Å². The van der Waals surface area contributed by atoms with E-state index in [0.717, 1.165) is 16.5 Å². The van der Waals surface area contributed by atoms with E-state index in [1.165, 1.54) is 10.9 Å². The molecule has 1 heterocycles. The van der Waals surface area contributed by atoms with Crippen molar-refractivity contribution in [2.45, 2.75) is 6.92 Å². The molecule has 3 aromatic rings. The van der Waals surface area contributed by atoms with Crippen LogP contribution in [0.25, 0.3) is 21.9 Å². The zero-order valence-corrected chi connectivity index (χ0v) is 10.6. The molecule has 0 fully saturated rings. The van der Waals surface area contributed by atoms with Crippen LogP contribution in [0.2, 0.25) is 0 Å². The van der Waals surface area contributed by atoms with Crippen LogP contribution in [0, 0.1) is 6.92 Å². The maximum atomic E-state index is 11.5. The first-order valence-electron chi connectivity index (χ1n) is 6.12. The van der Waals surface area contributed by atoms with Gasteiger partial charge in [0.1, 0.15) is 5.82 Å². The molecule has 0 bridgehead atoms. The second-order valence-corrected chi connectivity index (χ2v) is 4.75. The summed E-state index contributed by atoms with van der Waals surface area (Å²) in [6.07, 6.45) is 0. The number of rotatable bonds is 1. The fourth-order valence-corrected chi connectivity index (χ4v) is 2.28. The van der Waals surface area contributed by atoms with Gasteiger partial charge in [0.05, 0.1) is 0 Å². The maximum absolute atomic E-state index is 11.5. The lowest BCUT2D eigenvalue weighted by atomic mass is 10.0. The van der Waals surface area contributed by atoms with Crippen molar-refractivity contribution in [3.8, 4) is 11.1 Å². The molecule has 3 rings (SSSR count). The van der Waals surface area contributed by atoms with Crippen LogP contribution in [0.1, 0.15) is 5.56 Å². The van der Waals surface area contributed by atoms with Gasteiger partial charge < -0.3 is 10.7 Å². The molecule has 3 heteroatoms. The van der Waals surface area contributed by atoms with Gasteiger partial charge in [-0.2, -0.15) is 0 Å². The standard InChI is InChI=1S/C16H14N2O/c1-10-2-3-12-7-13(5-4-11(12)6-10)14-8-15(17)18-16(19)9-14/h2-9H,1H3,(H3,17,18,19). The van der Waals surface area contributed by atoms with Crippen molar-refractivity contribution in [2.24, 2.45) is 0 Å². The number of H-pyrrole nitrogens is 1. The van der Waals surface area contributed by atoms with E-state index < -0.39 is 0 Å². The number of anilines is 1. The number of benzene rings is 2. The van der Waals surface area contributed by atoms with Crippen LogP contribution >= 0.6 is 0 Å². The van der Waals surface area contributed by atoms with Gasteiger partial charge in [-0.15, -0.1) is 0 Å². The van der Waals surface area contributed by atoms with Gasteiger partial charge in [0.25, 0.3) is 0 Å². The fourth-order valence-electron chi connectivity index (χ4n) is 2.28. The Morgan fingerprint density at radius 1 is 0.895 bits per heavy atom. The van der Waals surface area contributed by atoms with E-state index >= 15 is 0 Å². The van der Waals surface area contributed by atoms with E-state index in [0.29, 0.717) is 5.82 Å². The number of aromatic amines is 1. The average molecular weight is 250 g/mol. The van der Waals surface area contributed by atoms with Crippen molar-refractivity contribution in [2.75, 3.05) is 5.73 Å². The Morgan fingerprint density at radius 2 is 1.63 bits per heavy atom. The Morgan fingerprint density at radius 3 is 2.42 bits per heavy atom. The highest BCUT2D eigenvalue weighted by atomic mass is 16.1. The zero-order valence-electron chi connectivity index (χ0n) is 10.6. The molecule has 19 heavy (non-hydrogen) atoms. The third kappa shape index (κ3) is 2.22. The van der Waals surface area contributed by atoms with Crippen molar-refractivity contribution in [3.05, 3.63) is 64.4 Å². The van der Waals surface area contributed by atoms with Crippen LogP contribution in [0.4, 0.5) is 5.82 Å². The summed E-state index contributed by atoms with van der Waals surface area (Å²) in [6.45, 7) is 2.07. The quantitative estimate of drug-likeness (QED) is 0.697. The summed E-state index contributed by atoms with van der Waals surface area (Å²) in [5.74, 6) is 0.381. The summed E-state index contributed by atoms with van der Waals surface area (Å²) in [7, 11) is 0. The van der Waals surface area contributed by atoms with E-state index in [1.54, 1.807) is 12.1 Å². The first-order valence-corrected chi connectivity index (χ1v) is 6.12. The van der Waals surface area contributed by atoms with Gasteiger partial charge in [-0.05, 0) is 41.0 Å². The first-order chi connectivity index (χ1) is 9.11. The summed E-state index contributed by atoms with van der Waals surface area (Å²) in [6, 6.07) is 15.8. The Hall–Kier alpha value is -2.55. The third-order valence-corrected chi connectivity index (χ3v) is 3.19. The van der Waals surface area contributed by atoms with Crippen LogP contribution in [-0.2, 0) is 0 Å². The van der Waals surface area contributed by atoms with Gasteiger partial charge in [0.15, 0.2) is 0 Å². The van der Waals surface area contributed by atoms with Crippen LogP contribution in [0.15, 0.2) is 53.3 Å². The van der Waals surface area contributed by atoms with Crippen LogP contribution in [-0.4, -0.2) is 4.98 Å². The van der Waals surface area contributed by atoms with Crippen molar-refractivity contribution >= 4 is 16.6 Å². The largest absolute Gasteiger partial charge is 0.385 e. The maximum Gasteiger partial charge on any atom is 0.250 e. The number of pyridine rings is 1. The Bertz CT molecular complexity index is 818. The van der Waals surface area contributed by atoms with Crippen molar-refractivity contribution in [1.82, 2.24) is 4.98 Å². The van der Waals surface area contributed by atoms with Gasteiger partial charge in [-0.25, -0.2) is 0 Å². The van der Waals surface area contributed by atoms with Gasteiger partial charge >= 0.3 is 0 Å². The molecule has 3 N–H and O–H groups in total. The third-order valence-electron chi connectivity index (χ3n) is 3.19. The number of nitrogens with two attached hydrogens (primary N) is 1. The Labute approximate surface area is 110 Å². The highest BCUT2D eigenvalue weighted by Crippen LogP contribution is 2.24. The number of hydrogen-bond acceptors (Lipinski definition) is 2. The van der Waals surface area contributed by atoms with Crippen LogP contribution in [0.5, 0.6) is 0 Å². The van der Waals surface area contributed by atoms with Gasteiger partial charge in [-0.3, -0.25) is 4.79 Å². The molecule has 0 saturated heterocycles. The number of aromatic nitrogens is 1. The Kier molecular flexibility index (Phi) is 2.60. The minimum atomic E-state index is -0.181. The summed E-state index contributed by atoms with van der Waals surface area (Å²) < 4.78 is 0. The smallest absolute Gasteiger partial charge is 0.250 e. The molecule has 0 aliphatic heterocycles. The molecule has 1 aromatic heterocycles. The van der Waals surface area contributed by atoms with Crippen molar-refractivity contribution in [3.63, 3.8) is 0 Å². The van der Waals surface area contributed by atoms with E-state index in [1.807, 2.05) is 6.07 Å². The molecule has 0 atom stereocenters. The molecule has 0 aliphatic rings. The van der Waals surface area contributed by atoms with Gasteiger partial charge in [-0.1, -0.05) is 35.9 Å². The normalized spacial score (nSPS) is 10.8. The lowest BCUT2D eigenvalue weighted by Gasteiger charge is -2.05. The summed E-state index contributed by atoms with van der Waals surface area (Å²) in [5.41, 5.74) is 8.56. The minimum absolute atomic E-state index is 0.181. The monoisotopic (exact) mass is 250 g/mol. The molecule has 0 radical (unpaired) electrons. The van der Waals surface area contributed by atoms with E-state index in [9.17, 15) is 4.79 Å². The predicted molar refractivity (Wildman–Crippen MR) is 79.2 cm³/mol. The number of hydrogen-bond donors (Lipinski definition) is 2. The summed E-state index contributed by atoms with van der Waals surface area (Å²) in [5, 5.41) is 2.35. The number of aryl methyl sites for hydroxylation is 1. The highest BCUT2D eigenvalue weighted by molar-refractivity contribution is 5.88. The minimum Gasteiger partial charge on any atom is -0.385 e. The highest BCUT2D eigenvalue weighted by Gasteiger charge is 2.02. The average Bonchev–Trinajstić information content (AvgIpc) is 2.37. The summed E-state index contributed by atoms with van der Waals surface area (Å²) >= 11 is 0. The summed E-state index contributed by atoms with van der Waals surface area (Å²) in [4.78, 5) is 14.0. The molecule has 94 valence electrons. The van der Waals surface area contributed by atoms with Crippen molar-refractivity contribution in [1.29, 1.82) is 0 Å². The van der Waals surface area contributed by atoms with Crippen molar-refractivity contribution < 1.29 is 0 Å². The molecule has 0 saturated carbocycles. The number of fused-ring (bicyclic) bond motifs is 1. The molecular formula is C16H14N2O. The second kappa shape index (κ2) is 4.28. The lowest BCUT2D eigenvalue weighted by molar-refractivity contribution is 1.25. The first kappa shape index (κ1) is 11.5. The second-order valence-electron chi connectivity index (χ2n) is 4.75. The fraction of sp³-hybridized carbons (Fsp3) is 0.0625. The van der Waals surface area contributed by atoms with E-state index in [-0.39, 0.29) is 5.56 Å². The van der Waals surface area contributed by atoms with Gasteiger partial charge in [0, 0.05) is 6.07 Å². The molecule has 0 spiro atoms. The van der Waals surface area contributed by atoms with Crippen LogP contribution in [0.3, 0.4) is 0 Å². The molecule has 3 nitrogen and oxygen atoms in total. The number of nitrogens with one attached hydrogen (secondary N) is 1. The van der Waals surface area contributed by atoms with Gasteiger partial charge in [0.2, 0.25) is 5.56 Å². The lowest BCUT2D eigenvalue weighted by Crippen LogP contribution is -2.07. The zero-order chi connectivity index (χ0) is 13.4. The molecule has 0 amide bonds. The molecular weight excluding hydrogens is 236 g/mol. The van der Waals surface area contributed by atoms with E-state index in [2.05, 4.69) is 42.2 Å². The van der Waals surface area contributed by atoms with E-state index in [4.69, 9.17) is 5.73 Å². The molecule has 0 unspecified atom stereocenters.